The molecular weight excluding hydrogens is 248 g/mol. The molecule has 0 saturated carbocycles. The molecule has 0 aliphatic carbocycles. The minimum absolute atomic E-state index is 0.00873. The Morgan fingerprint density at radius 2 is 2.00 bits per heavy atom. The highest BCUT2D eigenvalue weighted by molar-refractivity contribution is 5.84. The molecule has 1 N–H and O–H groups in total. The van der Waals surface area contributed by atoms with Gasteiger partial charge in [-0.15, -0.1) is 0 Å². The van der Waals surface area contributed by atoms with Gasteiger partial charge in [0.05, 0.1) is 0 Å². The van der Waals surface area contributed by atoms with Crippen molar-refractivity contribution in [2.24, 2.45) is 0 Å². The van der Waals surface area contributed by atoms with Gasteiger partial charge in [0, 0.05) is 6.07 Å². The second-order valence-electron chi connectivity index (χ2n) is 4.05. The van der Waals surface area contributed by atoms with E-state index in [4.69, 9.17) is 14.3 Å². The molecule has 0 radical (unpaired) electrons. The summed E-state index contributed by atoms with van der Waals surface area (Å²) >= 11 is 0. The van der Waals surface area contributed by atoms with Gasteiger partial charge in [-0.3, -0.25) is 4.79 Å². The molecule has 5 heteroatoms. The third-order valence-electron chi connectivity index (χ3n) is 2.52. The number of hydrogen-bond donors (Lipinski definition) is 1. The van der Waals surface area contributed by atoms with E-state index in [9.17, 15) is 9.59 Å². The summed E-state index contributed by atoms with van der Waals surface area (Å²) < 4.78 is 10.1. The third kappa shape index (κ3) is 3.22. The van der Waals surface area contributed by atoms with Gasteiger partial charge in [-0.2, -0.15) is 0 Å². The van der Waals surface area contributed by atoms with Crippen LogP contribution >= 0.6 is 0 Å². The highest BCUT2D eigenvalue weighted by Crippen LogP contribution is 2.10. The minimum atomic E-state index is -1.29. The van der Waals surface area contributed by atoms with E-state index in [0.29, 0.717) is 0 Å². The third-order valence-corrected chi connectivity index (χ3v) is 2.52. The molecule has 1 aromatic carbocycles. The van der Waals surface area contributed by atoms with E-state index in [0.717, 1.165) is 23.5 Å². The summed E-state index contributed by atoms with van der Waals surface area (Å²) in [5.74, 6) is -1.71. The molecule has 0 atom stereocenters. The van der Waals surface area contributed by atoms with Crippen molar-refractivity contribution in [1.29, 1.82) is 0 Å². The Kier molecular flexibility index (Phi) is 3.66. The van der Waals surface area contributed by atoms with Gasteiger partial charge in [0.1, 0.15) is 12.9 Å². The number of carboxylic acids is 1. The Labute approximate surface area is 109 Å². The quantitative estimate of drug-likeness (QED) is 0.912. The number of carbonyl (C=O) groups is 1. The van der Waals surface area contributed by atoms with Gasteiger partial charge < -0.3 is 14.3 Å². The first-order valence-electron chi connectivity index (χ1n) is 5.61. The van der Waals surface area contributed by atoms with Crippen LogP contribution in [0.3, 0.4) is 0 Å². The molecule has 0 aliphatic heterocycles. The van der Waals surface area contributed by atoms with Crippen LogP contribution < -0.4 is 10.2 Å². The van der Waals surface area contributed by atoms with E-state index in [1.54, 1.807) is 0 Å². The van der Waals surface area contributed by atoms with Gasteiger partial charge in [-0.1, -0.05) is 29.8 Å². The van der Waals surface area contributed by atoms with E-state index in [1.807, 2.05) is 31.2 Å². The van der Waals surface area contributed by atoms with Gasteiger partial charge in [0.15, 0.2) is 0 Å². The monoisotopic (exact) mass is 260 g/mol. The zero-order valence-corrected chi connectivity index (χ0v) is 10.3. The van der Waals surface area contributed by atoms with Gasteiger partial charge in [-0.25, -0.2) is 4.79 Å². The normalized spacial score (nSPS) is 10.2. The van der Waals surface area contributed by atoms with E-state index in [2.05, 4.69) is 0 Å². The van der Waals surface area contributed by atoms with Crippen LogP contribution in [0, 0.1) is 6.92 Å². The topological polar surface area (TPSA) is 76.7 Å². The molecule has 19 heavy (non-hydrogen) atoms. The van der Waals surface area contributed by atoms with Crippen LogP contribution in [-0.4, -0.2) is 11.1 Å². The van der Waals surface area contributed by atoms with Gasteiger partial charge in [0.25, 0.3) is 0 Å². The summed E-state index contributed by atoms with van der Waals surface area (Å²) in [5.41, 5.74) is 1.53. The lowest BCUT2D eigenvalue weighted by atomic mass is 10.2. The fourth-order valence-corrected chi connectivity index (χ4v) is 1.46. The second-order valence-corrected chi connectivity index (χ2v) is 4.05. The summed E-state index contributed by atoms with van der Waals surface area (Å²) in [6.07, 6.45) is 1.01. The number of carboxylic acid groups (broad SMARTS) is 1. The molecular formula is C14H12O5. The maximum atomic E-state index is 11.6. The molecule has 0 spiro atoms. The van der Waals surface area contributed by atoms with Crippen molar-refractivity contribution < 1.29 is 19.1 Å². The van der Waals surface area contributed by atoms with E-state index in [-0.39, 0.29) is 12.4 Å². The van der Waals surface area contributed by atoms with Crippen LogP contribution in [0.15, 0.2) is 45.8 Å². The predicted octanol–water partition coefficient (Wildman–Crippen LogP) is 2.23. The van der Waals surface area contributed by atoms with Crippen molar-refractivity contribution in [3.8, 4) is 5.75 Å². The summed E-state index contributed by atoms with van der Waals surface area (Å²) in [5, 5.41) is 8.66. The smallest absolute Gasteiger partial charge is 0.371 e. The van der Waals surface area contributed by atoms with E-state index < -0.39 is 17.2 Å². The molecule has 0 bridgehead atoms. The Morgan fingerprint density at radius 1 is 1.32 bits per heavy atom. The largest absolute Gasteiger partial charge is 0.482 e. The Hall–Kier alpha value is -2.56. The lowest BCUT2D eigenvalue weighted by molar-refractivity contribution is 0.0658. The maximum Gasteiger partial charge on any atom is 0.371 e. The molecule has 0 amide bonds. The van der Waals surface area contributed by atoms with E-state index in [1.165, 1.54) is 0 Å². The summed E-state index contributed by atoms with van der Waals surface area (Å²) in [4.78, 5) is 22.2. The highest BCUT2D eigenvalue weighted by atomic mass is 16.5. The number of aromatic carboxylic acids is 1. The van der Waals surface area contributed by atoms with Gasteiger partial charge >= 0.3 is 5.97 Å². The van der Waals surface area contributed by atoms with Crippen LogP contribution in [0.5, 0.6) is 5.75 Å². The summed E-state index contributed by atoms with van der Waals surface area (Å²) in [6, 6.07) is 8.56. The zero-order valence-electron chi connectivity index (χ0n) is 10.3. The molecule has 2 aromatic rings. The standard InChI is InChI=1S/C14H12O5/c1-9-2-4-10(5-3-9)7-18-13-8-19-12(14(16)17)6-11(13)15/h2-6,8H,7H2,1H3,(H,16,17). The van der Waals surface area contributed by atoms with Crippen molar-refractivity contribution in [1.82, 2.24) is 0 Å². The van der Waals surface area contributed by atoms with Crippen molar-refractivity contribution in [3.05, 3.63) is 63.7 Å². The van der Waals surface area contributed by atoms with Crippen molar-refractivity contribution in [2.45, 2.75) is 13.5 Å². The SMILES string of the molecule is Cc1ccc(COc2coc(C(=O)O)cc2=O)cc1. The molecule has 0 aliphatic rings. The Morgan fingerprint density at radius 3 is 2.58 bits per heavy atom. The zero-order chi connectivity index (χ0) is 13.8. The van der Waals surface area contributed by atoms with Crippen LogP contribution in [0.25, 0.3) is 0 Å². The molecule has 2 rings (SSSR count). The minimum Gasteiger partial charge on any atom is -0.482 e. The number of ether oxygens (including phenoxy) is 1. The first-order valence-corrected chi connectivity index (χ1v) is 5.61. The first-order chi connectivity index (χ1) is 9.06. The number of hydrogen-bond acceptors (Lipinski definition) is 4. The lowest BCUT2D eigenvalue weighted by Gasteiger charge is -2.05. The van der Waals surface area contributed by atoms with Crippen molar-refractivity contribution in [3.63, 3.8) is 0 Å². The maximum absolute atomic E-state index is 11.6. The van der Waals surface area contributed by atoms with Crippen molar-refractivity contribution in [2.75, 3.05) is 0 Å². The number of aryl methyl sites for hydroxylation is 1. The number of benzene rings is 1. The van der Waals surface area contributed by atoms with E-state index >= 15 is 0 Å². The molecule has 1 aromatic heterocycles. The Bertz CT molecular complexity index is 640. The second kappa shape index (κ2) is 5.39. The molecule has 1 heterocycles. The van der Waals surface area contributed by atoms with Crippen LogP contribution in [0.2, 0.25) is 0 Å². The molecule has 0 saturated heterocycles. The fraction of sp³-hybridized carbons (Fsp3) is 0.143. The van der Waals surface area contributed by atoms with Crippen LogP contribution in [0.4, 0.5) is 0 Å². The summed E-state index contributed by atoms with van der Waals surface area (Å²) in [7, 11) is 0. The van der Waals surface area contributed by atoms with Crippen LogP contribution in [-0.2, 0) is 6.61 Å². The summed E-state index contributed by atoms with van der Waals surface area (Å²) in [6.45, 7) is 2.20. The molecule has 0 unspecified atom stereocenters. The molecule has 0 fully saturated rings. The predicted molar refractivity (Wildman–Crippen MR) is 67.4 cm³/mol. The average molecular weight is 260 g/mol. The number of rotatable bonds is 4. The van der Waals surface area contributed by atoms with Gasteiger partial charge in [0.2, 0.25) is 16.9 Å². The molecule has 98 valence electrons. The van der Waals surface area contributed by atoms with Crippen LogP contribution in [0.1, 0.15) is 21.7 Å². The average Bonchev–Trinajstić information content (AvgIpc) is 2.39. The fourth-order valence-electron chi connectivity index (χ4n) is 1.46. The highest BCUT2D eigenvalue weighted by Gasteiger charge is 2.10. The lowest BCUT2D eigenvalue weighted by Crippen LogP contribution is -2.10. The van der Waals surface area contributed by atoms with Crippen molar-refractivity contribution >= 4 is 5.97 Å². The molecule has 5 nitrogen and oxygen atoms in total. The Balaban J connectivity index is 2.10. The first kappa shape index (κ1) is 12.9. The van der Waals surface area contributed by atoms with Gasteiger partial charge in [-0.05, 0) is 12.5 Å².